The number of piperazine rings is 1. The van der Waals surface area contributed by atoms with Crippen molar-refractivity contribution < 1.29 is 22.9 Å². The number of aromatic nitrogens is 1. The molecular weight excluding hydrogens is 365 g/mol. The molecule has 1 saturated heterocycles. The quantitative estimate of drug-likeness (QED) is 0.826. The van der Waals surface area contributed by atoms with Gasteiger partial charge in [0.1, 0.15) is 5.75 Å². The van der Waals surface area contributed by atoms with Crippen LogP contribution in [0.4, 0.5) is 24.5 Å². The summed E-state index contributed by atoms with van der Waals surface area (Å²) in [7, 11) is 0. The van der Waals surface area contributed by atoms with Crippen molar-refractivity contribution in [3.63, 3.8) is 0 Å². The van der Waals surface area contributed by atoms with Crippen LogP contribution in [-0.4, -0.2) is 42.6 Å². The summed E-state index contributed by atoms with van der Waals surface area (Å²) in [4.78, 5) is 7.32. The van der Waals surface area contributed by atoms with Crippen LogP contribution in [0.3, 0.4) is 0 Å². The molecule has 5 nitrogen and oxygen atoms in total. The van der Waals surface area contributed by atoms with Crippen molar-refractivity contribution >= 4 is 28.7 Å². The first kappa shape index (κ1) is 18.2. The maximum atomic E-state index is 12.2. The molecule has 1 aliphatic heterocycles. The SMILES string of the molecule is FC(F)(F)Oc1ccc(NC(=S)N2CCN(c3cc[nH+]cc3)CC2)cc1. The van der Waals surface area contributed by atoms with E-state index in [1.807, 2.05) is 29.4 Å². The van der Waals surface area contributed by atoms with Crippen LogP contribution in [0.5, 0.6) is 5.75 Å². The van der Waals surface area contributed by atoms with Crippen LogP contribution in [0.15, 0.2) is 48.8 Å². The zero-order valence-electron chi connectivity index (χ0n) is 13.8. The number of alkyl halides is 3. The van der Waals surface area contributed by atoms with Crippen LogP contribution in [0, 0.1) is 0 Å². The number of pyridine rings is 1. The summed E-state index contributed by atoms with van der Waals surface area (Å²) in [6.45, 7) is 3.20. The molecule has 2 N–H and O–H groups in total. The topological polar surface area (TPSA) is 41.9 Å². The van der Waals surface area contributed by atoms with Crippen molar-refractivity contribution in [1.29, 1.82) is 0 Å². The van der Waals surface area contributed by atoms with E-state index in [0.717, 1.165) is 31.9 Å². The highest BCUT2D eigenvalue weighted by molar-refractivity contribution is 7.80. The van der Waals surface area contributed by atoms with Crippen molar-refractivity contribution in [3.05, 3.63) is 48.8 Å². The van der Waals surface area contributed by atoms with Gasteiger partial charge in [0, 0.05) is 49.7 Å². The highest BCUT2D eigenvalue weighted by Crippen LogP contribution is 2.24. The normalized spacial score (nSPS) is 14.9. The maximum Gasteiger partial charge on any atom is 0.573 e. The molecule has 0 radical (unpaired) electrons. The van der Waals surface area contributed by atoms with Crippen LogP contribution < -0.4 is 19.9 Å². The zero-order chi connectivity index (χ0) is 18.6. The molecule has 0 saturated carbocycles. The van der Waals surface area contributed by atoms with Gasteiger partial charge in [-0.15, -0.1) is 13.2 Å². The van der Waals surface area contributed by atoms with E-state index < -0.39 is 6.36 Å². The highest BCUT2D eigenvalue weighted by Gasteiger charge is 2.31. The average molecular weight is 383 g/mol. The number of halogens is 3. The Morgan fingerprint density at radius 1 is 1.00 bits per heavy atom. The van der Waals surface area contributed by atoms with Gasteiger partial charge in [0.25, 0.3) is 0 Å². The van der Waals surface area contributed by atoms with E-state index in [-0.39, 0.29) is 5.75 Å². The third-order valence-corrected chi connectivity index (χ3v) is 4.33. The second-order valence-electron chi connectivity index (χ2n) is 5.73. The van der Waals surface area contributed by atoms with E-state index in [1.54, 1.807) is 0 Å². The molecule has 2 heterocycles. The Morgan fingerprint density at radius 2 is 1.62 bits per heavy atom. The smallest absolute Gasteiger partial charge is 0.406 e. The van der Waals surface area contributed by atoms with Gasteiger partial charge in [0.2, 0.25) is 0 Å². The Balaban J connectivity index is 1.51. The van der Waals surface area contributed by atoms with Crippen molar-refractivity contribution in [3.8, 4) is 5.75 Å². The van der Waals surface area contributed by atoms with Gasteiger partial charge < -0.3 is 19.9 Å². The van der Waals surface area contributed by atoms with Crippen LogP contribution in [0.2, 0.25) is 0 Å². The number of ether oxygens (including phenoxy) is 1. The number of thiocarbonyl (C=S) groups is 1. The molecule has 9 heteroatoms. The molecular formula is C17H18F3N4OS+. The van der Waals surface area contributed by atoms with Gasteiger partial charge >= 0.3 is 6.36 Å². The number of hydrogen-bond acceptors (Lipinski definition) is 3. The third kappa shape index (κ3) is 4.98. The fourth-order valence-electron chi connectivity index (χ4n) is 2.70. The lowest BCUT2D eigenvalue weighted by atomic mass is 10.2. The molecule has 0 aliphatic carbocycles. The van der Waals surface area contributed by atoms with Gasteiger partial charge in [0.15, 0.2) is 17.5 Å². The van der Waals surface area contributed by atoms with Gasteiger partial charge in [0.05, 0.1) is 0 Å². The van der Waals surface area contributed by atoms with Crippen LogP contribution in [0.1, 0.15) is 0 Å². The lowest BCUT2D eigenvalue weighted by Gasteiger charge is -2.37. The number of rotatable bonds is 3. The second kappa shape index (κ2) is 7.77. The fourth-order valence-corrected chi connectivity index (χ4v) is 3.00. The molecule has 2 aromatic rings. The summed E-state index contributed by atoms with van der Waals surface area (Å²) < 4.78 is 40.4. The lowest BCUT2D eigenvalue weighted by Crippen LogP contribution is -2.50. The summed E-state index contributed by atoms with van der Waals surface area (Å²) in [6, 6.07) is 9.56. The lowest BCUT2D eigenvalue weighted by molar-refractivity contribution is -0.377. The first-order valence-corrected chi connectivity index (χ1v) is 8.44. The van der Waals surface area contributed by atoms with E-state index in [2.05, 4.69) is 19.9 Å². The second-order valence-corrected chi connectivity index (χ2v) is 6.12. The van der Waals surface area contributed by atoms with Crippen LogP contribution in [-0.2, 0) is 0 Å². The summed E-state index contributed by atoms with van der Waals surface area (Å²) in [5.41, 5.74) is 1.77. The number of aromatic amines is 1. The molecule has 26 heavy (non-hydrogen) atoms. The van der Waals surface area contributed by atoms with Gasteiger partial charge in [-0.2, -0.15) is 0 Å². The standard InChI is InChI=1S/C17H17F3N4OS/c18-17(19,20)25-15-3-1-13(2-4-15)22-16(26)24-11-9-23(10-12-24)14-5-7-21-8-6-14/h1-8H,9-12H2,(H,22,26)/p+1. The number of nitrogens with zero attached hydrogens (tertiary/aromatic N) is 2. The van der Waals surface area contributed by atoms with E-state index in [9.17, 15) is 13.2 Å². The van der Waals surface area contributed by atoms with Crippen molar-refractivity contribution in [2.75, 3.05) is 36.4 Å². The predicted octanol–water partition coefficient (Wildman–Crippen LogP) is 2.92. The molecule has 1 fully saturated rings. The molecule has 1 aromatic heterocycles. The Bertz CT molecular complexity index is 732. The zero-order valence-corrected chi connectivity index (χ0v) is 14.6. The number of nitrogens with one attached hydrogen (secondary N) is 2. The van der Waals surface area contributed by atoms with Crippen molar-refractivity contribution in [2.24, 2.45) is 0 Å². The molecule has 0 atom stereocenters. The van der Waals surface area contributed by atoms with Crippen molar-refractivity contribution in [2.45, 2.75) is 6.36 Å². The minimum absolute atomic E-state index is 0.261. The van der Waals surface area contributed by atoms with Crippen molar-refractivity contribution in [1.82, 2.24) is 4.90 Å². The fraction of sp³-hybridized carbons (Fsp3) is 0.294. The third-order valence-electron chi connectivity index (χ3n) is 3.97. The molecule has 3 rings (SSSR count). The number of hydrogen-bond donors (Lipinski definition) is 1. The minimum atomic E-state index is -4.69. The number of anilines is 2. The largest absolute Gasteiger partial charge is 0.573 e. The average Bonchev–Trinajstić information content (AvgIpc) is 2.63. The van der Waals surface area contributed by atoms with Gasteiger partial charge in [-0.3, -0.25) is 0 Å². The number of benzene rings is 1. The number of H-pyrrole nitrogens is 1. The molecule has 0 bridgehead atoms. The Kier molecular flexibility index (Phi) is 5.46. The summed E-state index contributed by atoms with van der Waals surface area (Å²) in [5, 5.41) is 3.60. The molecule has 0 amide bonds. The van der Waals surface area contributed by atoms with Crippen LogP contribution >= 0.6 is 12.2 Å². The minimum Gasteiger partial charge on any atom is -0.406 e. The van der Waals surface area contributed by atoms with E-state index >= 15 is 0 Å². The molecule has 138 valence electrons. The maximum absolute atomic E-state index is 12.2. The Hall–Kier alpha value is -2.55. The van der Waals surface area contributed by atoms with Gasteiger partial charge in [-0.05, 0) is 36.5 Å². The summed E-state index contributed by atoms with van der Waals surface area (Å²) in [6.07, 6.45) is -0.916. The summed E-state index contributed by atoms with van der Waals surface area (Å²) >= 11 is 5.41. The van der Waals surface area contributed by atoms with E-state index in [0.29, 0.717) is 10.8 Å². The Morgan fingerprint density at radius 3 is 2.19 bits per heavy atom. The monoisotopic (exact) mass is 383 g/mol. The molecule has 1 aromatic carbocycles. The van der Waals surface area contributed by atoms with Crippen LogP contribution in [0.25, 0.3) is 0 Å². The first-order chi connectivity index (χ1) is 12.4. The predicted molar refractivity (Wildman–Crippen MR) is 96.1 cm³/mol. The van der Waals surface area contributed by atoms with E-state index in [4.69, 9.17) is 12.2 Å². The summed E-state index contributed by atoms with van der Waals surface area (Å²) in [5.74, 6) is -0.261. The van der Waals surface area contributed by atoms with Gasteiger partial charge in [-0.25, -0.2) is 4.98 Å². The molecule has 0 spiro atoms. The van der Waals surface area contributed by atoms with Gasteiger partial charge in [-0.1, -0.05) is 0 Å². The first-order valence-electron chi connectivity index (χ1n) is 8.03. The Labute approximate surface area is 154 Å². The molecule has 1 aliphatic rings. The molecule has 0 unspecified atom stereocenters. The van der Waals surface area contributed by atoms with E-state index in [1.165, 1.54) is 24.3 Å². The highest BCUT2D eigenvalue weighted by atomic mass is 32.1.